The Morgan fingerprint density at radius 2 is 0.690 bits per heavy atom. The van der Waals surface area contributed by atoms with E-state index in [-0.39, 0.29) is 0 Å². The maximum absolute atomic E-state index is 2.39. The van der Waals surface area contributed by atoms with Gasteiger partial charge in [-0.3, -0.25) is 0 Å². The molecule has 0 N–H and O–H groups in total. The van der Waals surface area contributed by atoms with Crippen LogP contribution in [0, 0.1) is 13.8 Å². The highest BCUT2D eigenvalue weighted by atomic mass is 15.2. The molecule has 0 saturated heterocycles. The Balaban J connectivity index is 0.978. The summed E-state index contributed by atoms with van der Waals surface area (Å²) in [6, 6.07) is 65.7. The largest absolute Gasteiger partial charge is 0.310 e. The Hall–Kier alpha value is -6.90. The average molecular weight is 751 g/mol. The molecular weight excluding hydrogens is 701 g/mol. The van der Waals surface area contributed by atoms with Crippen molar-refractivity contribution in [2.75, 3.05) is 9.80 Å². The van der Waals surface area contributed by atoms with E-state index in [0.717, 1.165) is 35.6 Å². The Kier molecular flexibility index (Phi) is 11.5. The molecule has 0 saturated carbocycles. The van der Waals surface area contributed by atoms with Crippen molar-refractivity contribution in [2.45, 2.75) is 40.5 Å². The molecule has 0 heterocycles. The number of hydrogen-bond donors (Lipinski definition) is 0. The second-order valence-electron chi connectivity index (χ2n) is 14.9. The standard InChI is InChI=1S/C56H50N2/c1-5-47-17-13-15-41(3)55(47)57(51-19-9-7-10-20-51)53-35-29-43(30-36-53)23-25-45-27-33-50-40-46(28-34-49(50)39-45)26-24-44-31-37-54(38-32-44)58(52-21-11-8-12-22-52)56-42(4)16-14-18-48(56)6-2/h7-40H,5-6H2,1-4H3. The second kappa shape index (κ2) is 17.5. The van der Waals surface area contributed by atoms with Gasteiger partial charge in [0.05, 0.1) is 11.4 Å². The third-order valence-corrected chi connectivity index (χ3v) is 11.0. The lowest BCUT2D eigenvalue weighted by Gasteiger charge is -2.29. The Bertz CT molecular complexity index is 2500. The number of hydrogen-bond acceptors (Lipinski definition) is 2. The first-order chi connectivity index (χ1) is 28.5. The van der Waals surface area contributed by atoms with E-state index in [9.17, 15) is 0 Å². The molecule has 0 fully saturated rings. The predicted molar refractivity (Wildman–Crippen MR) is 252 cm³/mol. The highest BCUT2D eigenvalue weighted by Gasteiger charge is 2.19. The highest BCUT2D eigenvalue weighted by molar-refractivity contribution is 5.89. The number of rotatable bonds is 12. The van der Waals surface area contributed by atoms with Crippen molar-refractivity contribution in [3.8, 4) is 0 Å². The summed E-state index contributed by atoms with van der Waals surface area (Å²) >= 11 is 0. The Labute approximate surface area is 344 Å². The molecular formula is C56H50N2. The van der Waals surface area contributed by atoms with E-state index < -0.39 is 0 Å². The number of fused-ring (bicyclic) bond motifs is 1. The molecule has 0 aliphatic heterocycles. The number of nitrogens with zero attached hydrogens (tertiary/aromatic N) is 2. The zero-order chi connectivity index (χ0) is 39.8. The van der Waals surface area contributed by atoms with Gasteiger partial charge in [-0.1, -0.05) is 159 Å². The molecule has 2 heteroatoms. The van der Waals surface area contributed by atoms with Gasteiger partial charge in [0.2, 0.25) is 0 Å². The molecule has 8 aromatic carbocycles. The molecule has 8 rings (SSSR count). The van der Waals surface area contributed by atoms with Crippen LogP contribution in [0.3, 0.4) is 0 Å². The molecule has 0 radical (unpaired) electrons. The van der Waals surface area contributed by atoms with Gasteiger partial charge in [-0.05, 0) is 143 Å². The van der Waals surface area contributed by atoms with Crippen LogP contribution in [0.1, 0.15) is 58.4 Å². The SMILES string of the molecule is CCc1cccc(C)c1N(c1ccccc1)c1ccc(C=Cc2ccc3cc(C=Cc4ccc(N(c5ccccc5)c5c(C)cccc5CC)cc4)ccc3c2)cc1. The first-order valence-corrected chi connectivity index (χ1v) is 20.5. The molecule has 2 nitrogen and oxygen atoms in total. The molecule has 58 heavy (non-hydrogen) atoms. The third kappa shape index (κ3) is 8.28. The lowest BCUT2D eigenvalue weighted by molar-refractivity contribution is 1.10. The summed E-state index contributed by atoms with van der Waals surface area (Å²) < 4.78 is 0. The van der Waals surface area contributed by atoms with Crippen molar-refractivity contribution in [3.05, 3.63) is 226 Å². The van der Waals surface area contributed by atoms with E-state index in [1.807, 2.05) is 0 Å². The molecule has 0 amide bonds. The van der Waals surface area contributed by atoms with Gasteiger partial charge in [0, 0.05) is 22.7 Å². The normalized spacial score (nSPS) is 11.4. The fraction of sp³-hybridized carbons (Fsp3) is 0.107. The zero-order valence-corrected chi connectivity index (χ0v) is 33.9. The van der Waals surface area contributed by atoms with Crippen molar-refractivity contribution >= 4 is 69.2 Å². The molecule has 0 atom stereocenters. The third-order valence-electron chi connectivity index (χ3n) is 11.0. The minimum atomic E-state index is 0.976. The number of benzene rings is 8. The zero-order valence-electron chi connectivity index (χ0n) is 33.9. The minimum Gasteiger partial charge on any atom is -0.310 e. The summed E-state index contributed by atoms with van der Waals surface area (Å²) in [6.45, 7) is 8.87. The maximum Gasteiger partial charge on any atom is 0.0522 e. The van der Waals surface area contributed by atoms with E-state index >= 15 is 0 Å². The summed E-state index contributed by atoms with van der Waals surface area (Å²) in [5, 5.41) is 2.46. The monoisotopic (exact) mass is 750 g/mol. The van der Waals surface area contributed by atoms with Crippen molar-refractivity contribution in [2.24, 2.45) is 0 Å². The molecule has 0 bridgehead atoms. The number of anilines is 6. The Morgan fingerprint density at radius 3 is 1.07 bits per heavy atom. The molecule has 0 unspecified atom stereocenters. The van der Waals surface area contributed by atoms with Crippen molar-refractivity contribution in [1.82, 2.24) is 0 Å². The topological polar surface area (TPSA) is 6.48 Å². The van der Waals surface area contributed by atoms with E-state index in [1.54, 1.807) is 0 Å². The van der Waals surface area contributed by atoms with Crippen LogP contribution in [0.15, 0.2) is 182 Å². The van der Waals surface area contributed by atoms with Crippen molar-refractivity contribution in [3.63, 3.8) is 0 Å². The van der Waals surface area contributed by atoms with Crippen LogP contribution in [-0.2, 0) is 12.8 Å². The second-order valence-corrected chi connectivity index (χ2v) is 14.9. The molecule has 284 valence electrons. The molecule has 0 aromatic heterocycles. The van der Waals surface area contributed by atoms with Gasteiger partial charge in [0.15, 0.2) is 0 Å². The minimum absolute atomic E-state index is 0.976. The fourth-order valence-electron chi connectivity index (χ4n) is 7.96. The number of para-hydroxylation sites is 4. The first kappa shape index (κ1) is 38.0. The quantitative estimate of drug-likeness (QED) is 0.115. The van der Waals surface area contributed by atoms with Crippen LogP contribution in [0.25, 0.3) is 35.1 Å². The van der Waals surface area contributed by atoms with Crippen LogP contribution >= 0.6 is 0 Å². The van der Waals surface area contributed by atoms with Crippen LogP contribution in [0.2, 0.25) is 0 Å². The van der Waals surface area contributed by atoms with Crippen LogP contribution in [0.4, 0.5) is 34.1 Å². The molecule has 0 aliphatic carbocycles. The maximum atomic E-state index is 2.39. The summed E-state index contributed by atoms with van der Waals surface area (Å²) in [5.74, 6) is 0. The highest BCUT2D eigenvalue weighted by Crippen LogP contribution is 2.40. The van der Waals surface area contributed by atoms with E-state index in [4.69, 9.17) is 0 Å². The predicted octanol–water partition coefficient (Wildman–Crippen LogP) is 15.9. The smallest absolute Gasteiger partial charge is 0.0522 e. The van der Waals surface area contributed by atoms with Gasteiger partial charge in [-0.2, -0.15) is 0 Å². The van der Waals surface area contributed by atoms with Crippen LogP contribution in [0.5, 0.6) is 0 Å². The van der Waals surface area contributed by atoms with Gasteiger partial charge >= 0.3 is 0 Å². The van der Waals surface area contributed by atoms with Crippen LogP contribution < -0.4 is 9.80 Å². The molecule has 8 aromatic rings. The lowest BCUT2D eigenvalue weighted by Crippen LogP contribution is -2.13. The lowest BCUT2D eigenvalue weighted by atomic mass is 10.0. The van der Waals surface area contributed by atoms with E-state index in [0.29, 0.717) is 0 Å². The summed E-state index contributed by atoms with van der Waals surface area (Å²) in [6.07, 6.45) is 10.8. The van der Waals surface area contributed by atoms with Crippen LogP contribution in [-0.4, -0.2) is 0 Å². The summed E-state index contributed by atoms with van der Waals surface area (Å²) in [4.78, 5) is 4.78. The first-order valence-electron chi connectivity index (χ1n) is 20.5. The van der Waals surface area contributed by atoms with Crippen molar-refractivity contribution < 1.29 is 0 Å². The van der Waals surface area contributed by atoms with E-state index in [2.05, 4.69) is 244 Å². The average Bonchev–Trinajstić information content (AvgIpc) is 3.27. The molecule has 0 spiro atoms. The van der Waals surface area contributed by atoms with Gasteiger partial charge in [0.1, 0.15) is 0 Å². The molecule has 0 aliphatic rings. The van der Waals surface area contributed by atoms with Gasteiger partial charge in [0.25, 0.3) is 0 Å². The fourth-order valence-corrected chi connectivity index (χ4v) is 7.96. The van der Waals surface area contributed by atoms with Gasteiger partial charge < -0.3 is 9.80 Å². The van der Waals surface area contributed by atoms with Gasteiger partial charge in [-0.15, -0.1) is 0 Å². The van der Waals surface area contributed by atoms with Gasteiger partial charge in [-0.25, -0.2) is 0 Å². The number of aryl methyl sites for hydroxylation is 4. The van der Waals surface area contributed by atoms with Crippen molar-refractivity contribution in [1.29, 1.82) is 0 Å². The summed E-state index contributed by atoms with van der Waals surface area (Å²) in [7, 11) is 0. The van der Waals surface area contributed by atoms with E-state index in [1.165, 1.54) is 66.7 Å². The summed E-state index contributed by atoms with van der Waals surface area (Å²) in [5.41, 5.74) is 17.1. The Morgan fingerprint density at radius 1 is 0.345 bits per heavy atom.